The van der Waals surface area contributed by atoms with Gasteiger partial charge in [-0.25, -0.2) is 0 Å². The van der Waals surface area contributed by atoms with Crippen molar-refractivity contribution in [3.63, 3.8) is 0 Å². The fraction of sp³-hybridized carbons (Fsp3) is 0.381. The molecule has 0 bridgehead atoms. The van der Waals surface area contributed by atoms with E-state index in [0.717, 1.165) is 17.5 Å². The molecule has 0 saturated carbocycles. The number of carbonyl (C=O) groups is 1. The van der Waals surface area contributed by atoms with Crippen LogP contribution in [0.4, 0.5) is 0 Å². The Balaban J connectivity index is 0.00000312. The molecule has 2 aromatic rings. The van der Waals surface area contributed by atoms with Crippen LogP contribution in [0.3, 0.4) is 0 Å². The molecule has 0 N–H and O–H groups in total. The van der Waals surface area contributed by atoms with Crippen LogP contribution in [0.15, 0.2) is 48.5 Å². The molecule has 0 aliphatic rings. The minimum atomic E-state index is -1.41. The van der Waals surface area contributed by atoms with Crippen molar-refractivity contribution >= 4 is 5.97 Å². The molecule has 1 atom stereocenters. The third kappa shape index (κ3) is 5.60. The molecule has 0 aromatic heterocycles. The predicted octanol–water partition coefficient (Wildman–Crippen LogP) is 0.507. The van der Waals surface area contributed by atoms with Gasteiger partial charge in [-0.15, -0.1) is 0 Å². The molecule has 0 saturated heterocycles. The number of aliphatic carboxylic acids is 1. The predicted molar refractivity (Wildman–Crippen MR) is 94.1 cm³/mol. The molecule has 0 radical (unpaired) electrons. The Morgan fingerprint density at radius 3 is 2.12 bits per heavy atom. The van der Waals surface area contributed by atoms with Crippen LogP contribution in [0.1, 0.15) is 50.3 Å². The number of carboxylic acid groups (broad SMARTS) is 1. The van der Waals surface area contributed by atoms with Gasteiger partial charge in [-0.2, -0.15) is 0 Å². The Morgan fingerprint density at radius 1 is 1.08 bits per heavy atom. The summed E-state index contributed by atoms with van der Waals surface area (Å²) in [6.07, 6.45) is 1.12. The average molecular weight is 348 g/mol. The van der Waals surface area contributed by atoms with E-state index in [4.69, 9.17) is 4.74 Å². The molecule has 0 heterocycles. The normalized spacial score (nSPS) is 13.0. The van der Waals surface area contributed by atoms with Crippen LogP contribution in [0.2, 0.25) is 0 Å². The number of ether oxygens (including phenoxy) is 1. The second-order valence-corrected chi connectivity index (χ2v) is 6.64. The van der Waals surface area contributed by atoms with Crippen LogP contribution in [0.25, 0.3) is 0 Å². The fourth-order valence-electron chi connectivity index (χ4n) is 2.77. The molecule has 1 unspecified atom stereocenters. The number of rotatable bonds is 7. The van der Waals surface area contributed by atoms with Crippen molar-refractivity contribution in [1.82, 2.24) is 0 Å². The van der Waals surface area contributed by atoms with E-state index >= 15 is 0 Å². The number of benzene rings is 2. The second kappa shape index (κ2) is 9.42. The Labute approximate surface area is 172 Å². The summed E-state index contributed by atoms with van der Waals surface area (Å²) in [5.74, 6) is -0.246. The summed E-state index contributed by atoms with van der Waals surface area (Å²) < 4.78 is 5.84. The molecule has 0 fully saturated rings. The van der Waals surface area contributed by atoms with E-state index < -0.39 is 11.6 Å². The molecule has 0 aliphatic heterocycles. The molecular formula is C21H25NaO3. The monoisotopic (exact) mass is 348 g/mol. The minimum Gasteiger partial charge on any atom is -0.546 e. The zero-order valence-electron chi connectivity index (χ0n) is 15.8. The van der Waals surface area contributed by atoms with Crippen molar-refractivity contribution in [3.8, 4) is 5.75 Å². The summed E-state index contributed by atoms with van der Waals surface area (Å²) >= 11 is 0. The summed E-state index contributed by atoms with van der Waals surface area (Å²) in [6, 6.07) is 15.4. The number of hydrogen-bond donors (Lipinski definition) is 0. The van der Waals surface area contributed by atoms with Crippen LogP contribution in [0.5, 0.6) is 5.75 Å². The van der Waals surface area contributed by atoms with E-state index in [0.29, 0.717) is 11.7 Å². The van der Waals surface area contributed by atoms with E-state index in [2.05, 4.69) is 20.8 Å². The first kappa shape index (κ1) is 21.8. The van der Waals surface area contributed by atoms with E-state index in [1.807, 2.05) is 48.5 Å². The Hall–Kier alpha value is -1.29. The zero-order chi connectivity index (χ0) is 17.7. The second-order valence-electron chi connectivity index (χ2n) is 6.64. The number of aryl methyl sites for hydroxylation is 1. The SMILES string of the molecule is CCc1ccccc1CC(C)(Oc1ccc(C(C)C)cc1)C(=O)[O-].[Na+]. The largest absolute Gasteiger partial charge is 1.00 e. The van der Waals surface area contributed by atoms with Crippen LogP contribution < -0.4 is 39.4 Å². The van der Waals surface area contributed by atoms with E-state index in [-0.39, 0.29) is 36.0 Å². The zero-order valence-corrected chi connectivity index (χ0v) is 17.8. The van der Waals surface area contributed by atoms with Crippen molar-refractivity contribution < 1.29 is 44.2 Å². The molecule has 0 aliphatic carbocycles. The maximum absolute atomic E-state index is 11.8. The van der Waals surface area contributed by atoms with Gasteiger partial charge in [0.25, 0.3) is 0 Å². The number of hydrogen-bond acceptors (Lipinski definition) is 3. The molecular weight excluding hydrogens is 323 g/mol. The molecule has 2 rings (SSSR count). The van der Waals surface area contributed by atoms with Crippen LogP contribution in [-0.4, -0.2) is 11.6 Å². The van der Waals surface area contributed by atoms with Gasteiger partial charge < -0.3 is 14.6 Å². The van der Waals surface area contributed by atoms with E-state index in [1.165, 1.54) is 5.56 Å². The third-order valence-corrected chi connectivity index (χ3v) is 4.35. The first-order chi connectivity index (χ1) is 11.4. The summed E-state index contributed by atoms with van der Waals surface area (Å²) in [5, 5.41) is 11.8. The third-order valence-electron chi connectivity index (χ3n) is 4.35. The van der Waals surface area contributed by atoms with Crippen molar-refractivity contribution in [1.29, 1.82) is 0 Å². The van der Waals surface area contributed by atoms with Crippen molar-refractivity contribution in [2.24, 2.45) is 0 Å². The summed E-state index contributed by atoms with van der Waals surface area (Å²) in [6.45, 7) is 7.86. The first-order valence-corrected chi connectivity index (χ1v) is 8.43. The number of carboxylic acids is 1. The molecule has 2 aromatic carbocycles. The molecule has 128 valence electrons. The van der Waals surface area contributed by atoms with Crippen LogP contribution >= 0.6 is 0 Å². The van der Waals surface area contributed by atoms with Crippen molar-refractivity contribution in [2.75, 3.05) is 0 Å². The van der Waals surface area contributed by atoms with Gasteiger partial charge in [0.1, 0.15) is 11.4 Å². The fourth-order valence-corrected chi connectivity index (χ4v) is 2.77. The molecule has 4 heteroatoms. The number of carbonyl (C=O) groups excluding carboxylic acids is 1. The van der Waals surface area contributed by atoms with Gasteiger partial charge in [0, 0.05) is 6.42 Å². The van der Waals surface area contributed by atoms with Crippen molar-refractivity contribution in [3.05, 3.63) is 65.2 Å². The van der Waals surface area contributed by atoms with Gasteiger partial charge in [-0.05, 0) is 48.1 Å². The summed E-state index contributed by atoms with van der Waals surface area (Å²) in [7, 11) is 0. The first-order valence-electron chi connectivity index (χ1n) is 8.43. The van der Waals surface area contributed by atoms with Gasteiger partial charge in [-0.3, -0.25) is 0 Å². The van der Waals surface area contributed by atoms with E-state index in [1.54, 1.807) is 6.92 Å². The summed E-state index contributed by atoms with van der Waals surface area (Å²) in [4.78, 5) is 11.8. The van der Waals surface area contributed by atoms with Crippen molar-refractivity contribution in [2.45, 2.75) is 52.1 Å². The maximum atomic E-state index is 11.8. The van der Waals surface area contributed by atoms with Gasteiger partial charge in [0.2, 0.25) is 0 Å². The van der Waals surface area contributed by atoms with Crippen LogP contribution in [0, 0.1) is 0 Å². The van der Waals surface area contributed by atoms with E-state index in [9.17, 15) is 9.90 Å². The van der Waals surface area contributed by atoms with Gasteiger partial charge >= 0.3 is 29.6 Å². The van der Waals surface area contributed by atoms with Crippen LogP contribution in [-0.2, 0) is 17.6 Å². The molecule has 0 spiro atoms. The molecule has 25 heavy (non-hydrogen) atoms. The Kier molecular flexibility index (Phi) is 8.20. The standard InChI is InChI=1S/C21H26O3.Na/c1-5-16-8-6-7-9-18(16)14-21(4,20(22)23)24-19-12-10-17(11-13-19)15(2)3;/h6-13,15H,5,14H2,1-4H3,(H,22,23);/q;+1/p-1. The molecule has 3 nitrogen and oxygen atoms in total. The molecule has 0 amide bonds. The van der Waals surface area contributed by atoms with Gasteiger partial charge in [-0.1, -0.05) is 57.2 Å². The maximum Gasteiger partial charge on any atom is 1.00 e. The summed E-state index contributed by atoms with van der Waals surface area (Å²) in [5.41, 5.74) is 1.88. The Morgan fingerprint density at radius 2 is 1.64 bits per heavy atom. The van der Waals surface area contributed by atoms with Gasteiger partial charge in [0.15, 0.2) is 0 Å². The minimum absolute atomic E-state index is 0. The quantitative estimate of drug-likeness (QED) is 0.685. The topological polar surface area (TPSA) is 49.4 Å². The van der Waals surface area contributed by atoms with Gasteiger partial charge in [0.05, 0.1) is 5.97 Å². The Bertz CT molecular complexity index is 695. The average Bonchev–Trinajstić information content (AvgIpc) is 2.55. The smallest absolute Gasteiger partial charge is 0.546 e.